The lowest BCUT2D eigenvalue weighted by Gasteiger charge is -2.56. The number of fused-ring (bicyclic) bond motifs is 10. The van der Waals surface area contributed by atoms with Gasteiger partial charge in [0.2, 0.25) is 0 Å². The fourth-order valence-electron chi connectivity index (χ4n) is 10.8. The van der Waals surface area contributed by atoms with Crippen molar-refractivity contribution in [3.63, 3.8) is 0 Å². The summed E-state index contributed by atoms with van der Waals surface area (Å²) >= 11 is 0. The average molecular weight is 757 g/mol. The van der Waals surface area contributed by atoms with Gasteiger partial charge >= 0.3 is 0 Å². The predicted molar refractivity (Wildman–Crippen MR) is 239 cm³/mol. The number of rotatable bonds is 6. The number of nitrogens with zero attached hydrogens (tertiary/aromatic N) is 3. The van der Waals surface area contributed by atoms with Crippen molar-refractivity contribution in [1.29, 1.82) is 5.41 Å². The van der Waals surface area contributed by atoms with Gasteiger partial charge in [-0.1, -0.05) is 139 Å². The topological polar surface area (TPSA) is 70.2 Å². The lowest BCUT2D eigenvalue weighted by atomic mass is 9.53. The van der Waals surface area contributed by atoms with Gasteiger partial charge in [0.25, 0.3) is 0 Å². The van der Waals surface area contributed by atoms with E-state index in [0.29, 0.717) is 12.3 Å². The summed E-state index contributed by atoms with van der Waals surface area (Å²) in [6.07, 6.45) is 31.9. The molecule has 0 radical (unpaired) electrons. The first kappa shape index (κ1) is 36.3. The number of allylic oxidation sites excluding steroid dienone is 10. The van der Waals surface area contributed by atoms with E-state index in [1.807, 2.05) is 12.3 Å². The van der Waals surface area contributed by atoms with Gasteiger partial charge in [-0.05, 0) is 88.8 Å². The Morgan fingerprint density at radius 2 is 1.69 bits per heavy atom. The Balaban J connectivity index is 0.990. The first-order valence-corrected chi connectivity index (χ1v) is 20.8. The van der Waals surface area contributed by atoms with Crippen molar-refractivity contribution in [2.24, 2.45) is 44.6 Å². The van der Waals surface area contributed by atoms with E-state index in [9.17, 15) is 5.41 Å². The van der Waals surface area contributed by atoms with Crippen LogP contribution in [0.4, 0.5) is 0 Å². The van der Waals surface area contributed by atoms with Gasteiger partial charge in [0, 0.05) is 53.1 Å². The first-order valence-electron chi connectivity index (χ1n) is 20.8. The molecule has 1 spiro atoms. The Labute approximate surface area is 342 Å². The van der Waals surface area contributed by atoms with Crippen molar-refractivity contribution in [3.8, 4) is 11.1 Å². The van der Waals surface area contributed by atoms with Crippen LogP contribution in [0, 0.1) is 35.0 Å². The Morgan fingerprint density at radius 1 is 0.914 bits per heavy atom. The second-order valence-electron chi connectivity index (χ2n) is 16.5. The Morgan fingerprint density at radius 3 is 2.43 bits per heavy atom. The fraction of sp³-hybridized carbons (Fsp3) is 0.245. The third-order valence-corrected chi connectivity index (χ3v) is 13.5. The summed E-state index contributed by atoms with van der Waals surface area (Å²) in [7, 11) is 0. The lowest BCUT2D eigenvalue weighted by Crippen LogP contribution is -2.58. The number of hydrogen-bond acceptors (Lipinski definition) is 3. The van der Waals surface area contributed by atoms with Crippen LogP contribution >= 0.6 is 0 Å². The number of hydrogen-bond donors (Lipinski definition) is 1. The molecule has 2 aliphatic heterocycles. The molecule has 1 N–H and O–H groups in total. The van der Waals surface area contributed by atoms with Crippen molar-refractivity contribution in [3.05, 3.63) is 198 Å². The molecule has 286 valence electrons. The molecule has 5 aliphatic carbocycles. The first-order chi connectivity index (χ1) is 28.6. The molecule has 3 aromatic rings. The lowest BCUT2D eigenvalue weighted by molar-refractivity contribution is -0.110. The van der Waals surface area contributed by atoms with E-state index >= 15 is 0 Å². The van der Waals surface area contributed by atoms with Gasteiger partial charge < -0.3 is 4.74 Å². The van der Waals surface area contributed by atoms with Crippen molar-refractivity contribution in [2.45, 2.75) is 49.7 Å². The minimum absolute atomic E-state index is 0.00263. The Kier molecular flexibility index (Phi) is 9.42. The minimum Gasteiger partial charge on any atom is -0.370 e. The Bertz CT molecular complexity index is 2470. The highest BCUT2D eigenvalue weighted by Gasteiger charge is 2.60. The molecule has 3 aromatic carbocycles. The van der Waals surface area contributed by atoms with Crippen LogP contribution in [0.15, 0.2) is 196 Å². The summed E-state index contributed by atoms with van der Waals surface area (Å²) in [6, 6.07) is 28.4. The van der Waals surface area contributed by atoms with Gasteiger partial charge in [-0.3, -0.25) is 10.4 Å². The van der Waals surface area contributed by atoms with E-state index in [1.54, 1.807) is 0 Å². The molecule has 0 amide bonds. The smallest absolute Gasteiger partial charge is 0.149 e. The molecule has 10 rings (SSSR count). The van der Waals surface area contributed by atoms with Crippen LogP contribution < -0.4 is 0 Å². The number of ether oxygens (including phenoxy) is 1. The van der Waals surface area contributed by atoms with Gasteiger partial charge in [0.15, 0.2) is 0 Å². The van der Waals surface area contributed by atoms with Crippen LogP contribution in [0.3, 0.4) is 0 Å². The van der Waals surface area contributed by atoms with Crippen LogP contribution in [0.25, 0.3) is 16.7 Å². The zero-order valence-electron chi connectivity index (χ0n) is 32.8. The second kappa shape index (κ2) is 15.0. The summed E-state index contributed by atoms with van der Waals surface area (Å²) < 4.78 is 7.00. The average Bonchev–Trinajstić information content (AvgIpc) is 3.57. The van der Waals surface area contributed by atoms with Gasteiger partial charge in [0.05, 0.1) is 12.2 Å². The SMILES string of the molecule is C=CC1OC2CC3C=NC4=CC=C(C(=N)N=C(N=CC5=CCCC(c6ccccc6)=C5)C5C=CC=CC5)CC4C3=CC2C2(c3ccccc3-c3ccccc32)C1C=C. The fourth-order valence-corrected chi connectivity index (χ4v) is 10.8. The quantitative estimate of drug-likeness (QED) is 0.152. The minimum atomic E-state index is -0.364. The maximum atomic E-state index is 9.45. The van der Waals surface area contributed by atoms with Crippen LogP contribution in [0.1, 0.15) is 48.8 Å². The van der Waals surface area contributed by atoms with Crippen molar-refractivity contribution in [1.82, 2.24) is 0 Å². The molecule has 7 unspecified atom stereocenters. The van der Waals surface area contributed by atoms with Crippen LogP contribution in [0.5, 0.6) is 0 Å². The molecule has 0 aromatic heterocycles. The molecule has 0 saturated carbocycles. The van der Waals surface area contributed by atoms with Gasteiger partial charge in [-0.2, -0.15) is 0 Å². The molecule has 2 heterocycles. The van der Waals surface area contributed by atoms with Gasteiger partial charge in [-0.15, -0.1) is 13.2 Å². The van der Waals surface area contributed by atoms with Crippen LogP contribution in [-0.4, -0.2) is 36.3 Å². The molecule has 1 fully saturated rings. The third-order valence-electron chi connectivity index (χ3n) is 13.5. The zero-order chi connectivity index (χ0) is 39.2. The molecule has 5 heteroatoms. The molecule has 7 aliphatic rings. The third kappa shape index (κ3) is 6.03. The molecular formula is C53H48N4O. The zero-order valence-corrected chi connectivity index (χ0v) is 32.8. The Hall–Kier alpha value is -6.04. The maximum Gasteiger partial charge on any atom is 0.149 e. The van der Waals surface area contributed by atoms with E-state index in [-0.39, 0.29) is 53.0 Å². The standard InChI is InChI=1S/C53H48N4O/c1-3-44-49(4-2)58-50-30-39-33-55-48-27-26-38(29-43(48)42(39)31-47(50)53(44)45-24-13-11-22-40(45)41-23-12-14-25-46(41)53)51(54)57-52(36-19-9-6-10-20-36)56-32-34-16-15-21-37(28-34)35-17-7-5-8-18-35/h3-14,16-19,22-28,31-33,36,39,43-44,47,49-50,54H,1-2,15,20-21,29-30H2. The monoisotopic (exact) mass is 756 g/mol. The number of benzene rings is 3. The van der Waals surface area contributed by atoms with Crippen molar-refractivity contribution >= 4 is 29.7 Å². The van der Waals surface area contributed by atoms with E-state index in [1.165, 1.54) is 39.0 Å². The summed E-state index contributed by atoms with van der Waals surface area (Å²) in [5.74, 6) is 1.18. The number of nitrogens with one attached hydrogen (secondary N) is 1. The highest BCUT2D eigenvalue weighted by molar-refractivity contribution is 6.09. The number of amidine groups is 2. The molecule has 0 bridgehead atoms. The molecule has 1 saturated heterocycles. The van der Waals surface area contributed by atoms with Crippen molar-refractivity contribution < 1.29 is 4.74 Å². The van der Waals surface area contributed by atoms with Gasteiger partial charge in [0.1, 0.15) is 11.7 Å². The largest absolute Gasteiger partial charge is 0.370 e. The molecule has 7 atom stereocenters. The molecule has 58 heavy (non-hydrogen) atoms. The van der Waals surface area contributed by atoms with E-state index in [0.717, 1.165) is 42.5 Å². The van der Waals surface area contributed by atoms with Crippen LogP contribution in [-0.2, 0) is 10.2 Å². The van der Waals surface area contributed by atoms with E-state index in [4.69, 9.17) is 19.7 Å². The summed E-state index contributed by atoms with van der Waals surface area (Å²) in [4.78, 5) is 15.1. The van der Waals surface area contributed by atoms with E-state index < -0.39 is 0 Å². The normalized spacial score (nSPS) is 28.8. The van der Waals surface area contributed by atoms with E-state index in [2.05, 4.69) is 159 Å². The summed E-state index contributed by atoms with van der Waals surface area (Å²) in [5.41, 5.74) is 11.9. The molecular weight excluding hydrogens is 709 g/mol. The summed E-state index contributed by atoms with van der Waals surface area (Å²) in [5, 5.41) is 9.45. The van der Waals surface area contributed by atoms with Crippen LogP contribution in [0.2, 0.25) is 0 Å². The highest BCUT2D eigenvalue weighted by Crippen LogP contribution is 2.63. The predicted octanol–water partition coefficient (Wildman–Crippen LogP) is 11.6. The van der Waals surface area contributed by atoms with Crippen molar-refractivity contribution in [2.75, 3.05) is 0 Å². The molecule has 5 nitrogen and oxygen atoms in total. The number of aliphatic imine (C=N–C) groups is 3. The summed E-state index contributed by atoms with van der Waals surface area (Å²) in [6.45, 7) is 8.69. The maximum absolute atomic E-state index is 9.45. The van der Waals surface area contributed by atoms with Gasteiger partial charge in [-0.25, -0.2) is 9.98 Å². The highest BCUT2D eigenvalue weighted by atomic mass is 16.5. The second-order valence-corrected chi connectivity index (χ2v) is 16.5.